The summed E-state index contributed by atoms with van der Waals surface area (Å²) < 4.78 is 24.6. The van der Waals surface area contributed by atoms with E-state index in [1.807, 2.05) is 0 Å². The molecule has 2 amide bonds. The molecule has 1 saturated heterocycles. The normalized spacial score (nSPS) is 21.9. The van der Waals surface area contributed by atoms with Crippen LogP contribution in [0.2, 0.25) is 0 Å². The number of hydrogen-bond donors (Lipinski definition) is 0. The third-order valence-electron chi connectivity index (χ3n) is 3.19. The summed E-state index contributed by atoms with van der Waals surface area (Å²) in [5.74, 6) is -0.829. The van der Waals surface area contributed by atoms with Gasteiger partial charge < -0.3 is 9.80 Å². The highest BCUT2D eigenvalue weighted by molar-refractivity contribution is 7.88. The van der Waals surface area contributed by atoms with Crippen LogP contribution < -0.4 is 0 Å². The van der Waals surface area contributed by atoms with E-state index in [0.717, 1.165) is 6.26 Å². The van der Waals surface area contributed by atoms with Gasteiger partial charge in [0.2, 0.25) is 21.8 Å². The van der Waals surface area contributed by atoms with Crippen LogP contribution in [0, 0.1) is 5.92 Å². The van der Waals surface area contributed by atoms with Gasteiger partial charge in [-0.3, -0.25) is 9.59 Å². The number of amides is 2. The van der Waals surface area contributed by atoms with E-state index in [4.69, 9.17) is 0 Å². The van der Waals surface area contributed by atoms with Gasteiger partial charge in [0.1, 0.15) is 0 Å². The van der Waals surface area contributed by atoms with Gasteiger partial charge in [-0.2, -0.15) is 4.31 Å². The van der Waals surface area contributed by atoms with Crippen molar-refractivity contribution in [3.05, 3.63) is 0 Å². The van der Waals surface area contributed by atoms with Gasteiger partial charge >= 0.3 is 0 Å². The van der Waals surface area contributed by atoms with E-state index < -0.39 is 15.9 Å². The minimum atomic E-state index is -3.37. The maximum atomic E-state index is 12.1. The van der Waals surface area contributed by atoms with Gasteiger partial charge in [0, 0.05) is 47.2 Å². The second-order valence-electron chi connectivity index (χ2n) is 5.02. The summed E-state index contributed by atoms with van der Waals surface area (Å²) in [4.78, 5) is 26.5. The van der Waals surface area contributed by atoms with Gasteiger partial charge in [-0.05, 0) is 0 Å². The van der Waals surface area contributed by atoms with E-state index in [0.29, 0.717) is 6.54 Å². The number of nitrogens with zero attached hydrogens (tertiary/aromatic N) is 3. The zero-order valence-electron chi connectivity index (χ0n) is 11.8. The molecule has 1 heterocycles. The Bertz CT molecular complexity index is 461. The van der Waals surface area contributed by atoms with Crippen molar-refractivity contribution in [3.63, 3.8) is 0 Å². The Morgan fingerprint density at radius 3 is 2.16 bits per heavy atom. The summed E-state index contributed by atoms with van der Waals surface area (Å²) in [6, 6.07) is 0. The second-order valence-corrected chi connectivity index (χ2v) is 7.00. The molecule has 0 aromatic carbocycles. The smallest absolute Gasteiger partial charge is 0.228 e. The van der Waals surface area contributed by atoms with Gasteiger partial charge in [0.05, 0.1) is 12.2 Å². The molecule has 110 valence electrons. The Labute approximate surface area is 114 Å². The molecule has 7 nitrogen and oxygen atoms in total. The standard InChI is InChI=1S/C11H21N3O4S/c1-9(15)13-5-6-14(19(4,17)18)8-10(7-13)11(16)12(2)3/h10H,5-8H2,1-4H3/t10-/m0/s1. The molecule has 1 aliphatic rings. The van der Waals surface area contributed by atoms with Crippen LogP contribution in [0.25, 0.3) is 0 Å². The highest BCUT2D eigenvalue weighted by Gasteiger charge is 2.33. The molecule has 0 unspecified atom stereocenters. The van der Waals surface area contributed by atoms with Gasteiger partial charge in [-0.15, -0.1) is 0 Å². The lowest BCUT2D eigenvalue weighted by Crippen LogP contribution is -2.42. The molecule has 1 aliphatic heterocycles. The first-order valence-electron chi connectivity index (χ1n) is 6.04. The zero-order chi connectivity index (χ0) is 14.8. The Morgan fingerprint density at radius 1 is 1.16 bits per heavy atom. The van der Waals surface area contributed by atoms with Gasteiger partial charge in [-0.25, -0.2) is 8.42 Å². The summed E-state index contributed by atoms with van der Waals surface area (Å²) in [6.45, 7) is 2.36. The predicted molar refractivity (Wildman–Crippen MR) is 70.9 cm³/mol. The SMILES string of the molecule is CC(=O)N1CCN(S(C)(=O)=O)C[C@@H](C(=O)N(C)C)C1. The predicted octanol–water partition coefficient (Wildman–Crippen LogP) is -1.19. The quantitative estimate of drug-likeness (QED) is 0.641. The summed E-state index contributed by atoms with van der Waals surface area (Å²) in [7, 11) is -0.124. The summed E-state index contributed by atoms with van der Waals surface area (Å²) in [6.07, 6.45) is 1.12. The number of carbonyl (C=O) groups excluding carboxylic acids is 2. The van der Waals surface area contributed by atoms with Crippen LogP contribution in [0.1, 0.15) is 6.92 Å². The van der Waals surface area contributed by atoms with Crippen molar-refractivity contribution in [1.29, 1.82) is 0 Å². The van der Waals surface area contributed by atoms with Crippen LogP contribution in [0.4, 0.5) is 0 Å². The first kappa shape index (κ1) is 15.9. The first-order chi connectivity index (χ1) is 8.62. The van der Waals surface area contributed by atoms with E-state index in [1.54, 1.807) is 14.1 Å². The van der Waals surface area contributed by atoms with Crippen molar-refractivity contribution in [2.45, 2.75) is 6.92 Å². The van der Waals surface area contributed by atoms with E-state index in [9.17, 15) is 18.0 Å². The first-order valence-corrected chi connectivity index (χ1v) is 7.89. The average molecular weight is 291 g/mol. The maximum Gasteiger partial charge on any atom is 0.228 e. The van der Waals surface area contributed by atoms with Crippen LogP contribution in [0.5, 0.6) is 0 Å². The van der Waals surface area contributed by atoms with E-state index >= 15 is 0 Å². The lowest BCUT2D eigenvalue weighted by atomic mass is 10.1. The molecule has 1 fully saturated rings. The number of rotatable bonds is 2. The fraction of sp³-hybridized carbons (Fsp3) is 0.818. The van der Waals surface area contributed by atoms with Crippen molar-refractivity contribution in [1.82, 2.24) is 14.1 Å². The zero-order valence-corrected chi connectivity index (χ0v) is 12.6. The Balaban J connectivity index is 2.98. The molecular formula is C11H21N3O4S. The van der Waals surface area contributed by atoms with Crippen LogP contribution in [0.15, 0.2) is 0 Å². The number of hydrogen-bond acceptors (Lipinski definition) is 4. The van der Waals surface area contributed by atoms with E-state index in [2.05, 4.69) is 0 Å². The topological polar surface area (TPSA) is 78.0 Å². The van der Waals surface area contributed by atoms with Crippen molar-refractivity contribution in [2.24, 2.45) is 5.92 Å². The van der Waals surface area contributed by atoms with Crippen molar-refractivity contribution >= 4 is 21.8 Å². The van der Waals surface area contributed by atoms with Gasteiger partial charge in [0.15, 0.2) is 0 Å². The third kappa shape index (κ3) is 4.17. The third-order valence-corrected chi connectivity index (χ3v) is 4.46. The van der Waals surface area contributed by atoms with Crippen LogP contribution >= 0.6 is 0 Å². The van der Waals surface area contributed by atoms with Crippen LogP contribution in [-0.2, 0) is 19.6 Å². The Hall–Kier alpha value is -1.15. The average Bonchev–Trinajstić information content (AvgIpc) is 2.49. The van der Waals surface area contributed by atoms with Gasteiger partial charge in [0.25, 0.3) is 0 Å². The molecule has 0 N–H and O–H groups in total. The minimum Gasteiger partial charge on any atom is -0.348 e. The van der Waals surface area contributed by atoms with Crippen molar-refractivity contribution in [3.8, 4) is 0 Å². The molecular weight excluding hydrogens is 270 g/mol. The monoisotopic (exact) mass is 291 g/mol. The fourth-order valence-electron chi connectivity index (χ4n) is 2.09. The maximum absolute atomic E-state index is 12.1. The van der Waals surface area contributed by atoms with E-state index in [-0.39, 0.29) is 31.4 Å². The largest absolute Gasteiger partial charge is 0.348 e. The van der Waals surface area contributed by atoms with Crippen LogP contribution in [0.3, 0.4) is 0 Å². The Kier molecular flexibility index (Phi) is 4.92. The van der Waals surface area contributed by atoms with E-state index in [1.165, 1.54) is 21.0 Å². The molecule has 0 aromatic heterocycles. The lowest BCUT2D eigenvalue weighted by Gasteiger charge is -2.24. The molecule has 0 bridgehead atoms. The van der Waals surface area contributed by atoms with Crippen molar-refractivity contribution < 1.29 is 18.0 Å². The molecule has 8 heteroatoms. The Morgan fingerprint density at radius 2 is 1.74 bits per heavy atom. The highest BCUT2D eigenvalue weighted by Crippen LogP contribution is 2.14. The molecule has 0 saturated carbocycles. The summed E-state index contributed by atoms with van der Waals surface area (Å²) in [5, 5.41) is 0. The van der Waals surface area contributed by atoms with Crippen molar-refractivity contribution in [2.75, 3.05) is 46.5 Å². The fourth-order valence-corrected chi connectivity index (χ4v) is 2.96. The summed E-state index contributed by atoms with van der Waals surface area (Å²) >= 11 is 0. The molecule has 1 rings (SSSR count). The summed E-state index contributed by atoms with van der Waals surface area (Å²) in [5.41, 5.74) is 0. The van der Waals surface area contributed by atoms with Crippen LogP contribution in [-0.4, -0.2) is 80.9 Å². The number of sulfonamides is 1. The molecule has 0 aliphatic carbocycles. The lowest BCUT2D eigenvalue weighted by molar-refractivity contribution is -0.135. The van der Waals surface area contributed by atoms with Gasteiger partial charge in [-0.1, -0.05) is 0 Å². The second kappa shape index (κ2) is 5.87. The minimum absolute atomic E-state index is 0.125. The molecule has 1 atom stereocenters. The molecule has 0 spiro atoms. The number of carbonyl (C=O) groups is 2. The molecule has 0 aromatic rings. The molecule has 0 radical (unpaired) electrons. The molecule has 19 heavy (non-hydrogen) atoms. The highest BCUT2D eigenvalue weighted by atomic mass is 32.2.